The van der Waals surface area contributed by atoms with E-state index < -0.39 is 12.7 Å². The average molecular weight is 260 g/mol. The van der Waals surface area contributed by atoms with E-state index in [0.717, 1.165) is 5.46 Å². The van der Waals surface area contributed by atoms with Gasteiger partial charge in [0.05, 0.1) is 11.2 Å². The molecule has 0 atom stereocenters. The van der Waals surface area contributed by atoms with Crippen molar-refractivity contribution in [3.8, 4) is 12.3 Å². The minimum absolute atomic E-state index is 0.346. The van der Waals surface area contributed by atoms with Crippen molar-refractivity contribution < 1.29 is 9.31 Å². The van der Waals surface area contributed by atoms with E-state index in [1.54, 1.807) is 10.9 Å². The Morgan fingerprint density at radius 3 is 2.26 bits per heavy atom. The molecule has 0 aliphatic carbocycles. The molecule has 0 unspecified atom stereocenters. The van der Waals surface area contributed by atoms with E-state index in [1.165, 1.54) is 0 Å². The van der Waals surface area contributed by atoms with Crippen molar-refractivity contribution in [3.05, 3.63) is 12.4 Å². The summed E-state index contributed by atoms with van der Waals surface area (Å²) >= 11 is 0. The molecule has 2 heterocycles. The molecule has 1 aliphatic heterocycles. The predicted octanol–water partition coefficient (Wildman–Crippen LogP) is 1.55. The van der Waals surface area contributed by atoms with Gasteiger partial charge in [-0.05, 0) is 41.5 Å². The smallest absolute Gasteiger partial charge is 0.399 e. The van der Waals surface area contributed by atoms with Crippen LogP contribution in [0.1, 0.15) is 41.5 Å². The Morgan fingerprint density at radius 2 is 1.79 bits per heavy atom. The quantitative estimate of drug-likeness (QED) is 0.598. The van der Waals surface area contributed by atoms with Crippen LogP contribution in [0.4, 0.5) is 0 Å². The van der Waals surface area contributed by atoms with Crippen LogP contribution in [0.5, 0.6) is 0 Å². The Bertz CT molecular complexity index is 510. The Kier molecular flexibility index (Phi) is 3.08. The van der Waals surface area contributed by atoms with Crippen molar-refractivity contribution in [2.24, 2.45) is 0 Å². The van der Waals surface area contributed by atoms with Gasteiger partial charge in [-0.2, -0.15) is 5.10 Å². The summed E-state index contributed by atoms with van der Waals surface area (Å²) in [6.45, 7) is 12.0. The zero-order chi connectivity index (χ0) is 14.5. The molecule has 1 aromatic rings. The van der Waals surface area contributed by atoms with Gasteiger partial charge in [0.1, 0.15) is 5.54 Å². The molecule has 102 valence electrons. The predicted molar refractivity (Wildman–Crippen MR) is 76.1 cm³/mol. The molecule has 0 saturated carbocycles. The molecule has 0 spiro atoms. The first-order valence-electron chi connectivity index (χ1n) is 6.47. The van der Waals surface area contributed by atoms with E-state index in [-0.39, 0.29) is 11.2 Å². The van der Waals surface area contributed by atoms with Crippen LogP contribution in [0, 0.1) is 12.3 Å². The molecule has 0 radical (unpaired) electrons. The maximum absolute atomic E-state index is 5.98. The van der Waals surface area contributed by atoms with Crippen molar-refractivity contribution in [1.29, 1.82) is 0 Å². The highest BCUT2D eigenvalue weighted by atomic mass is 16.7. The van der Waals surface area contributed by atoms with Crippen LogP contribution in [-0.4, -0.2) is 28.1 Å². The topological polar surface area (TPSA) is 36.3 Å². The minimum atomic E-state index is -0.456. The van der Waals surface area contributed by atoms with Crippen LogP contribution in [-0.2, 0) is 14.8 Å². The highest BCUT2D eigenvalue weighted by molar-refractivity contribution is 6.62. The largest absolute Gasteiger partial charge is 0.498 e. The van der Waals surface area contributed by atoms with E-state index in [0.29, 0.717) is 0 Å². The molecule has 1 aromatic heterocycles. The van der Waals surface area contributed by atoms with Gasteiger partial charge in [-0.3, -0.25) is 4.68 Å². The van der Waals surface area contributed by atoms with Crippen molar-refractivity contribution >= 4 is 12.6 Å². The first-order chi connectivity index (χ1) is 8.59. The number of hydrogen-bond acceptors (Lipinski definition) is 3. The van der Waals surface area contributed by atoms with E-state index in [4.69, 9.17) is 15.7 Å². The van der Waals surface area contributed by atoms with Crippen LogP contribution in [0.15, 0.2) is 12.4 Å². The summed E-state index contributed by atoms with van der Waals surface area (Å²) in [5.41, 5.74) is -0.257. The normalized spacial score (nSPS) is 21.4. The first-order valence-corrected chi connectivity index (χ1v) is 6.47. The molecule has 0 aromatic carbocycles. The third-order valence-corrected chi connectivity index (χ3v) is 4.05. The van der Waals surface area contributed by atoms with Crippen LogP contribution in [0.25, 0.3) is 0 Å². The maximum atomic E-state index is 5.98. The molecule has 2 rings (SSSR count). The molecular formula is C14H21BN2O2. The van der Waals surface area contributed by atoms with Crippen LogP contribution in [0.2, 0.25) is 0 Å². The van der Waals surface area contributed by atoms with Gasteiger partial charge < -0.3 is 9.31 Å². The minimum Gasteiger partial charge on any atom is -0.399 e. The lowest BCUT2D eigenvalue weighted by molar-refractivity contribution is 0.00578. The highest BCUT2D eigenvalue weighted by Crippen LogP contribution is 2.36. The fraction of sp³-hybridized carbons (Fsp3) is 0.643. The van der Waals surface area contributed by atoms with E-state index in [9.17, 15) is 0 Å². The number of terminal acetylenes is 1. The third-order valence-electron chi connectivity index (χ3n) is 4.05. The Labute approximate surface area is 115 Å². The van der Waals surface area contributed by atoms with Gasteiger partial charge >= 0.3 is 7.12 Å². The zero-order valence-electron chi connectivity index (χ0n) is 12.5. The molecule has 1 fully saturated rings. The zero-order valence-corrected chi connectivity index (χ0v) is 12.5. The second-order valence-corrected chi connectivity index (χ2v) is 6.51. The van der Waals surface area contributed by atoms with Gasteiger partial charge in [-0.1, -0.05) is 5.92 Å². The van der Waals surface area contributed by atoms with E-state index in [1.807, 2.05) is 47.7 Å². The summed E-state index contributed by atoms with van der Waals surface area (Å²) < 4.78 is 13.7. The summed E-state index contributed by atoms with van der Waals surface area (Å²) in [7, 11) is -0.396. The number of rotatable bonds is 2. The van der Waals surface area contributed by atoms with Crippen molar-refractivity contribution in [2.75, 3.05) is 0 Å². The molecule has 4 nitrogen and oxygen atoms in total. The summed E-state index contributed by atoms with van der Waals surface area (Å²) in [4.78, 5) is 0. The van der Waals surface area contributed by atoms with Crippen molar-refractivity contribution in [1.82, 2.24) is 9.78 Å². The molecule has 19 heavy (non-hydrogen) atoms. The maximum Gasteiger partial charge on any atom is 0.498 e. The summed E-state index contributed by atoms with van der Waals surface area (Å²) in [6.07, 6.45) is 9.16. The molecule has 5 heteroatoms. The Balaban J connectivity index is 2.25. The third kappa shape index (κ3) is 2.31. The van der Waals surface area contributed by atoms with Crippen LogP contribution in [0.3, 0.4) is 0 Å². The molecule has 1 saturated heterocycles. The molecule has 1 aliphatic rings. The SMILES string of the molecule is C#CC(C)(C)n1cc(B2OC(C)(C)C(C)(C)O2)cn1. The van der Waals surface area contributed by atoms with E-state index >= 15 is 0 Å². The highest BCUT2D eigenvalue weighted by Gasteiger charge is 2.52. The lowest BCUT2D eigenvalue weighted by atomic mass is 9.82. The number of nitrogens with zero attached hydrogens (tertiary/aromatic N) is 2. The molecule has 0 amide bonds. The van der Waals surface area contributed by atoms with Gasteiger partial charge in [0.25, 0.3) is 0 Å². The van der Waals surface area contributed by atoms with Crippen LogP contribution >= 0.6 is 0 Å². The lowest BCUT2D eigenvalue weighted by Gasteiger charge is -2.32. The monoisotopic (exact) mass is 260 g/mol. The molecule has 0 bridgehead atoms. The summed E-state index contributed by atoms with van der Waals surface area (Å²) in [5.74, 6) is 2.71. The fourth-order valence-electron chi connectivity index (χ4n) is 1.81. The van der Waals surface area contributed by atoms with Gasteiger partial charge in [-0.15, -0.1) is 6.42 Å². The summed E-state index contributed by atoms with van der Waals surface area (Å²) in [5, 5.41) is 4.31. The number of aromatic nitrogens is 2. The standard InChI is InChI=1S/C14H21BN2O2/c1-8-12(2,3)17-10-11(9-16-17)15-18-13(4,5)14(6,7)19-15/h1,9-10H,2-7H3. The second-order valence-electron chi connectivity index (χ2n) is 6.51. The van der Waals surface area contributed by atoms with Crippen LogP contribution < -0.4 is 5.46 Å². The van der Waals surface area contributed by atoms with Crippen molar-refractivity contribution in [2.45, 2.75) is 58.3 Å². The first kappa shape index (κ1) is 14.2. The van der Waals surface area contributed by atoms with Gasteiger partial charge in [-0.25, -0.2) is 0 Å². The molecular weight excluding hydrogens is 239 g/mol. The Morgan fingerprint density at radius 1 is 1.26 bits per heavy atom. The van der Waals surface area contributed by atoms with Gasteiger partial charge in [0.2, 0.25) is 0 Å². The van der Waals surface area contributed by atoms with Gasteiger partial charge in [0.15, 0.2) is 0 Å². The molecule has 0 N–H and O–H groups in total. The fourth-order valence-corrected chi connectivity index (χ4v) is 1.81. The Hall–Kier alpha value is -1.25. The van der Waals surface area contributed by atoms with Crippen molar-refractivity contribution in [3.63, 3.8) is 0 Å². The number of hydrogen-bond donors (Lipinski definition) is 0. The summed E-state index contributed by atoms with van der Waals surface area (Å²) in [6, 6.07) is 0. The van der Waals surface area contributed by atoms with E-state index in [2.05, 4.69) is 11.0 Å². The van der Waals surface area contributed by atoms with Gasteiger partial charge in [0, 0.05) is 17.9 Å². The average Bonchev–Trinajstić information content (AvgIpc) is 2.83. The second kappa shape index (κ2) is 4.12. The lowest BCUT2D eigenvalue weighted by Crippen LogP contribution is -2.41.